The number of nitrogens with zero attached hydrogens (tertiary/aromatic N) is 8. The number of nitrogen functional groups attached to an aromatic ring is 2. The molecule has 10 atom stereocenters. The number of fused-ring (bicyclic) bond motifs is 5. The normalized spacial score (nSPS) is 35.4. The van der Waals surface area contributed by atoms with Crippen LogP contribution in [0.15, 0.2) is 25.3 Å². The number of imidazole rings is 2. The predicted octanol–water partition coefficient (Wildman–Crippen LogP) is 4.25. The van der Waals surface area contributed by atoms with Gasteiger partial charge < -0.3 is 25.4 Å². The summed E-state index contributed by atoms with van der Waals surface area (Å²) in [6.07, 6.45) is -5.55. The fourth-order valence-corrected chi connectivity index (χ4v) is 10.1. The molecule has 3 fully saturated rings. The van der Waals surface area contributed by atoms with Gasteiger partial charge in [0.2, 0.25) is 0 Å². The molecule has 0 aliphatic carbocycles. The fraction of sp³-hybridized carbons (Fsp3) is 0.615. The number of rotatable bonds is 4. The molecule has 3 aliphatic heterocycles. The maximum Gasteiger partial charge on any atom is 0.386 e. The molecule has 0 amide bonds. The highest BCUT2D eigenvalue weighted by atomic mass is 32.7. The first-order chi connectivity index (χ1) is 23.9. The van der Waals surface area contributed by atoms with Gasteiger partial charge in [-0.2, -0.15) is 0 Å². The van der Waals surface area contributed by atoms with Crippen LogP contribution >= 0.6 is 38.1 Å². The number of thiol groups is 2. The maximum absolute atomic E-state index is 16.3. The van der Waals surface area contributed by atoms with E-state index in [1.807, 2.05) is 33.9 Å². The summed E-state index contributed by atoms with van der Waals surface area (Å²) in [5.74, 6) is 0.193. The Morgan fingerprint density at radius 2 is 1.31 bits per heavy atom. The lowest BCUT2D eigenvalue weighted by Gasteiger charge is -2.40. The molecular weight excluding hydrogens is 770 g/mol. The number of halogens is 1. The summed E-state index contributed by atoms with van der Waals surface area (Å²) in [7, 11) is -2.64. The van der Waals surface area contributed by atoms with E-state index in [-0.39, 0.29) is 39.0 Å². The van der Waals surface area contributed by atoms with Crippen molar-refractivity contribution in [1.29, 1.82) is 0 Å². The van der Waals surface area contributed by atoms with Gasteiger partial charge in [0.1, 0.15) is 54.2 Å². The van der Waals surface area contributed by atoms with Crippen LogP contribution in [0.25, 0.3) is 22.3 Å². The van der Waals surface area contributed by atoms with Crippen LogP contribution in [-0.4, -0.2) is 97.3 Å². The molecule has 3 unspecified atom stereocenters. The summed E-state index contributed by atoms with van der Waals surface area (Å²) >= 11 is 8.50. The van der Waals surface area contributed by atoms with Crippen molar-refractivity contribution in [3.63, 3.8) is 0 Å². The third kappa shape index (κ3) is 6.96. The van der Waals surface area contributed by atoms with Crippen LogP contribution < -0.4 is 11.5 Å². The van der Waals surface area contributed by atoms with E-state index in [4.69, 9.17) is 43.5 Å². The second-order valence-electron chi connectivity index (χ2n) is 13.8. The van der Waals surface area contributed by atoms with Gasteiger partial charge in [-0.1, -0.05) is 45.3 Å². The van der Waals surface area contributed by atoms with Gasteiger partial charge in [-0.05, 0) is 18.1 Å². The Hall–Kier alpha value is -2.27. The van der Waals surface area contributed by atoms with Gasteiger partial charge >= 0.3 is 13.6 Å². The van der Waals surface area contributed by atoms with Crippen LogP contribution in [0.5, 0.6) is 0 Å². The molecule has 51 heavy (non-hydrogen) atoms. The largest absolute Gasteiger partial charge is 0.408 e. The number of hydrogen-bond donors (Lipinski definition) is 4. The van der Waals surface area contributed by atoms with E-state index in [0.717, 1.165) is 0 Å². The third-order valence-electron chi connectivity index (χ3n) is 9.43. The molecule has 25 heteroatoms. The van der Waals surface area contributed by atoms with Gasteiger partial charge in [0.15, 0.2) is 49.9 Å². The van der Waals surface area contributed by atoms with E-state index in [1.54, 1.807) is 0 Å². The molecule has 3 saturated heterocycles. The zero-order valence-electron chi connectivity index (χ0n) is 27.9. The fourth-order valence-electron chi connectivity index (χ4n) is 5.83. The van der Waals surface area contributed by atoms with E-state index in [1.165, 1.54) is 34.4 Å². The number of hydrogen-bond acceptors (Lipinski definition) is 17. The van der Waals surface area contributed by atoms with Gasteiger partial charge in [0.25, 0.3) is 0 Å². The van der Waals surface area contributed by atoms with E-state index < -0.39 is 84.3 Å². The first-order valence-corrected chi connectivity index (χ1v) is 24.0. The van der Waals surface area contributed by atoms with Gasteiger partial charge in [-0.15, -0.1) is 0 Å². The molecule has 4 N–H and O–H groups in total. The summed E-state index contributed by atoms with van der Waals surface area (Å²) in [5.41, 5.74) is 12.9. The lowest BCUT2D eigenvalue weighted by atomic mass is 10.1. The zero-order valence-corrected chi connectivity index (χ0v) is 32.5. The number of alkyl halides is 1. The lowest BCUT2D eigenvalue weighted by Crippen LogP contribution is -2.50. The summed E-state index contributed by atoms with van der Waals surface area (Å²) in [6.45, 7) is 0.363. The highest BCUT2D eigenvalue weighted by Crippen LogP contribution is 2.61. The van der Waals surface area contributed by atoms with E-state index in [0.29, 0.717) is 0 Å². The van der Waals surface area contributed by atoms with Gasteiger partial charge in [0, 0.05) is 0 Å². The van der Waals surface area contributed by atoms with Gasteiger partial charge in [-0.3, -0.25) is 27.2 Å². The first-order valence-electron chi connectivity index (χ1n) is 15.7. The van der Waals surface area contributed by atoms with Crippen molar-refractivity contribution >= 4 is 80.4 Å². The van der Waals surface area contributed by atoms with Crippen LogP contribution in [0.4, 0.5) is 16.0 Å². The Morgan fingerprint density at radius 3 is 1.86 bits per heavy atom. The quantitative estimate of drug-likeness (QED) is 0.128. The smallest absolute Gasteiger partial charge is 0.386 e. The molecule has 4 aromatic heterocycles. The summed E-state index contributed by atoms with van der Waals surface area (Å²) < 4.78 is 89.8. The lowest BCUT2D eigenvalue weighted by molar-refractivity contribution is -0.0567. The Bertz CT molecular complexity index is 2060. The number of anilines is 2. The van der Waals surface area contributed by atoms with Crippen molar-refractivity contribution in [1.82, 2.24) is 39.0 Å². The summed E-state index contributed by atoms with van der Waals surface area (Å²) in [6, 6.07) is 0. The molecule has 0 radical (unpaired) electrons. The van der Waals surface area contributed by atoms with Crippen LogP contribution in [0.1, 0.15) is 33.2 Å². The minimum atomic E-state index is -4.38. The molecular formula is C26H37FN10O9P2S2Si. The minimum absolute atomic E-state index is 0.0707. The van der Waals surface area contributed by atoms with E-state index in [9.17, 15) is 9.13 Å². The average molecular weight is 807 g/mol. The van der Waals surface area contributed by atoms with Crippen molar-refractivity contribution in [3.8, 4) is 0 Å². The maximum atomic E-state index is 16.3. The molecule has 2 bridgehead atoms. The van der Waals surface area contributed by atoms with Gasteiger partial charge in [-0.25, -0.2) is 43.4 Å². The molecule has 3 aliphatic rings. The molecule has 0 aromatic carbocycles. The van der Waals surface area contributed by atoms with Crippen LogP contribution in [-0.2, 0) is 41.1 Å². The summed E-state index contributed by atoms with van der Waals surface area (Å²) in [4.78, 5) is 24.9. The Balaban J connectivity index is 1.25. The zero-order chi connectivity index (χ0) is 36.7. The SMILES string of the molecule is CC(C)(C)[Si](C)(C)O[C@@H]1C2COP(=O)(S)O[C@H]3[C@@H](F)[C@H](n4cnc5c(N)ncnc54)O[C@@H]3COP(=O)(S)O[C@H]1[C@H](n1cnc3c(N)ncnc31)O2. The van der Waals surface area contributed by atoms with Crippen molar-refractivity contribution in [2.75, 3.05) is 24.7 Å². The highest BCUT2D eigenvalue weighted by molar-refractivity contribution is 8.44. The van der Waals surface area contributed by atoms with Gasteiger partial charge in [0.05, 0.1) is 25.9 Å². The van der Waals surface area contributed by atoms with Crippen LogP contribution in [0.3, 0.4) is 0 Å². The van der Waals surface area contributed by atoms with E-state index in [2.05, 4.69) is 54.4 Å². The minimum Gasteiger partial charge on any atom is -0.408 e. The Labute approximate surface area is 302 Å². The van der Waals surface area contributed by atoms with Crippen molar-refractivity contribution in [2.24, 2.45) is 0 Å². The second-order valence-corrected chi connectivity index (χ2v) is 24.3. The third-order valence-corrected chi connectivity index (χ3v) is 17.1. The highest BCUT2D eigenvalue weighted by Gasteiger charge is 2.56. The second kappa shape index (κ2) is 13.2. The molecule has 7 rings (SSSR count). The molecule has 19 nitrogen and oxygen atoms in total. The molecule has 4 aromatic rings. The Morgan fingerprint density at radius 1 is 0.824 bits per heavy atom. The molecule has 7 heterocycles. The van der Waals surface area contributed by atoms with Crippen LogP contribution in [0, 0.1) is 0 Å². The number of ether oxygens (including phenoxy) is 2. The first kappa shape index (κ1) is 37.1. The van der Waals surface area contributed by atoms with Crippen LogP contribution in [0.2, 0.25) is 18.1 Å². The average Bonchev–Trinajstić information content (AvgIpc) is 3.80. The number of nitrogens with two attached hydrogens (primary N) is 2. The standard InChI is InChI=1S/C26H37FN10O9P2S2Si/c1-26(2,3)51(4,5)46-18-13-7-41-47(38,49)44-17-12(42-24(14(17)27)36-10-34-15-20(28)30-8-32-22(15)36)6-40-48(39,50)45-19(18)25(43-13)37-11-35-16-21(29)31-9-33-23(16)37/h8-14,17-19,24-25H,6-7H2,1-5H3,(H,38,49)(H,39,50)(H2,28,30,32)(H2,29,31,33)/t12-,13?,14-,17-,18-,19-,24-,25-,47?,48?/m1/s1. The van der Waals surface area contributed by atoms with E-state index >= 15 is 4.39 Å². The Kier molecular flexibility index (Phi) is 9.62. The predicted molar refractivity (Wildman–Crippen MR) is 189 cm³/mol. The number of aromatic nitrogens is 8. The van der Waals surface area contributed by atoms with Crippen molar-refractivity contribution in [3.05, 3.63) is 25.3 Å². The topological polar surface area (TPSA) is 238 Å². The van der Waals surface area contributed by atoms with Crippen molar-refractivity contribution in [2.45, 2.75) is 88.1 Å². The summed E-state index contributed by atoms with van der Waals surface area (Å²) in [5, 5.41) is -0.295. The molecule has 0 spiro atoms. The molecule has 0 saturated carbocycles. The molecule has 278 valence electrons. The monoisotopic (exact) mass is 806 g/mol. The van der Waals surface area contributed by atoms with Crippen molar-refractivity contribution < 1.29 is 45.5 Å².